The summed E-state index contributed by atoms with van der Waals surface area (Å²) in [5, 5.41) is 8.22. The van der Waals surface area contributed by atoms with Gasteiger partial charge in [0.15, 0.2) is 5.96 Å². The van der Waals surface area contributed by atoms with Crippen LogP contribution in [0.5, 0.6) is 0 Å². The third kappa shape index (κ3) is 11.0. The summed E-state index contributed by atoms with van der Waals surface area (Å²) in [6.07, 6.45) is -4.99. The summed E-state index contributed by atoms with van der Waals surface area (Å²) in [6, 6.07) is 7.23. The van der Waals surface area contributed by atoms with Gasteiger partial charge in [0.05, 0.1) is 6.42 Å². The zero-order valence-corrected chi connectivity index (χ0v) is 16.0. The van der Waals surface area contributed by atoms with Crippen LogP contribution in [0.25, 0.3) is 0 Å². The van der Waals surface area contributed by atoms with Crippen molar-refractivity contribution in [1.29, 1.82) is 0 Å². The minimum atomic E-state index is -4.19. The van der Waals surface area contributed by atoms with Crippen molar-refractivity contribution in [2.45, 2.75) is 45.4 Å². The molecule has 0 spiro atoms. The molecule has 9 heteroatoms. The number of aliphatic imine (C=N–C) groups is 1. The van der Waals surface area contributed by atoms with Crippen molar-refractivity contribution < 1.29 is 22.7 Å². The molecule has 6 nitrogen and oxygen atoms in total. The SMILES string of the molecule is CN=C(NCCc1ccc(NC(=O)OC(C)(C)C)cc1)NCCC(F)(F)F. The van der Waals surface area contributed by atoms with Gasteiger partial charge in [-0.25, -0.2) is 4.79 Å². The molecule has 0 radical (unpaired) electrons. The molecule has 1 aromatic carbocycles. The number of nitrogens with zero attached hydrogens (tertiary/aromatic N) is 1. The third-order valence-corrected chi connectivity index (χ3v) is 3.23. The first-order valence-electron chi connectivity index (χ1n) is 8.59. The van der Waals surface area contributed by atoms with E-state index in [2.05, 4.69) is 20.9 Å². The fraction of sp³-hybridized carbons (Fsp3) is 0.556. The number of halogens is 3. The van der Waals surface area contributed by atoms with Crippen molar-refractivity contribution in [2.75, 3.05) is 25.5 Å². The number of hydrogen-bond acceptors (Lipinski definition) is 3. The minimum absolute atomic E-state index is 0.228. The molecule has 1 aromatic rings. The molecule has 27 heavy (non-hydrogen) atoms. The van der Waals surface area contributed by atoms with Crippen LogP contribution in [-0.2, 0) is 11.2 Å². The Morgan fingerprint density at radius 3 is 2.19 bits per heavy atom. The molecule has 0 aromatic heterocycles. The molecule has 3 N–H and O–H groups in total. The monoisotopic (exact) mass is 388 g/mol. The summed E-state index contributed by atoms with van der Waals surface area (Å²) in [7, 11) is 1.50. The molecule has 0 bridgehead atoms. The fourth-order valence-electron chi connectivity index (χ4n) is 2.04. The van der Waals surface area contributed by atoms with Gasteiger partial charge in [0, 0.05) is 25.8 Å². The maximum Gasteiger partial charge on any atom is 0.412 e. The van der Waals surface area contributed by atoms with Gasteiger partial charge in [-0.15, -0.1) is 0 Å². The zero-order valence-electron chi connectivity index (χ0n) is 16.0. The number of anilines is 1. The molecule has 0 fully saturated rings. The van der Waals surface area contributed by atoms with E-state index in [0.29, 0.717) is 24.6 Å². The van der Waals surface area contributed by atoms with E-state index >= 15 is 0 Å². The van der Waals surface area contributed by atoms with Crippen molar-refractivity contribution in [3.8, 4) is 0 Å². The van der Waals surface area contributed by atoms with E-state index in [-0.39, 0.29) is 6.54 Å². The number of carbonyl (C=O) groups is 1. The Labute approximate surface area is 157 Å². The maximum absolute atomic E-state index is 12.1. The summed E-state index contributed by atoms with van der Waals surface area (Å²) < 4.78 is 41.6. The van der Waals surface area contributed by atoms with Crippen LogP contribution in [0.2, 0.25) is 0 Å². The van der Waals surface area contributed by atoms with Gasteiger partial charge in [-0.3, -0.25) is 10.3 Å². The topological polar surface area (TPSA) is 74.8 Å². The third-order valence-electron chi connectivity index (χ3n) is 3.23. The fourth-order valence-corrected chi connectivity index (χ4v) is 2.04. The van der Waals surface area contributed by atoms with Crippen LogP contribution in [0.4, 0.5) is 23.7 Å². The summed E-state index contributed by atoms with van der Waals surface area (Å²) in [6.45, 7) is 5.64. The number of amides is 1. The second-order valence-corrected chi connectivity index (χ2v) is 6.86. The Bertz CT molecular complexity index is 623. The smallest absolute Gasteiger partial charge is 0.412 e. The number of benzene rings is 1. The van der Waals surface area contributed by atoms with Gasteiger partial charge in [-0.2, -0.15) is 13.2 Å². The van der Waals surface area contributed by atoms with E-state index < -0.39 is 24.3 Å². The number of nitrogens with one attached hydrogen (secondary N) is 3. The lowest BCUT2D eigenvalue weighted by Crippen LogP contribution is -2.39. The zero-order chi connectivity index (χ0) is 20.5. The number of guanidine groups is 1. The van der Waals surface area contributed by atoms with Crippen molar-refractivity contribution in [2.24, 2.45) is 4.99 Å². The van der Waals surface area contributed by atoms with Crippen LogP contribution >= 0.6 is 0 Å². The summed E-state index contributed by atoms with van der Waals surface area (Å²) in [4.78, 5) is 15.6. The molecule has 152 valence electrons. The number of carbonyl (C=O) groups excluding carboxylic acids is 1. The molecular formula is C18H27F3N4O2. The predicted molar refractivity (Wildman–Crippen MR) is 100 cm³/mol. The molecule has 0 aliphatic carbocycles. The van der Waals surface area contributed by atoms with Gasteiger partial charge in [0.25, 0.3) is 0 Å². The van der Waals surface area contributed by atoms with E-state index in [9.17, 15) is 18.0 Å². The molecular weight excluding hydrogens is 361 g/mol. The van der Waals surface area contributed by atoms with Gasteiger partial charge in [0.1, 0.15) is 5.60 Å². The van der Waals surface area contributed by atoms with E-state index in [1.165, 1.54) is 7.05 Å². The second kappa shape index (κ2) is 10.0. The lowest BCUT2D eigenvalue weighted by atomic mass is 10.1. The van der Waals surface area contributed by atoms with Gasteiger partial charge < -0.3 is 15.4 Å². The molecule has 0 atom stereocenters. The van der Waals surface area contributed by atoms with Crippen LogP contribution in [0, 0.1) is 0 Å². The van der Waals surface area contributed by atoms with E-state index in [4.69, 9.17) is 4.74 Å². The first-order valence-corrected chi connectivity index (χ1v) is 8.59. The quantitative estimate of drug-likeness (QED) is 0.513. The summed E-state index contributed by atoms with van der Waals surface area (Å²) >= 11 is 0. The van der Waals surface area contributed by atoms with Crippen LogP contribution in [-0.4, -0.2) is 44.0 Å². The van der Waals surface area contributed by atoms with Crippen molar-refractivity contribution >= 4 is 17.7 Å². The van der Waals surface area contributed by atoms with Gasteiger partial charge in [-0.05, 0) is 44.9 Å². The lowest BCUT2D eigenvalue weighted by Gasteiger charge is -2.19. The average molecular weight is 388 g/mol. The van der Waals surface area contributed by atoms with E-state index in [1.54, 1.807) is 32.9 Å². The molecule has 0 saturated carbocycles. The van der Waals surface area contributed by atoms with Crippen molar-refractivity contribution in [3.05, 3.63) is 29.8 Å². The Balaban J connectivity index is 2.37. The highest BCUT2D eigenvalue weighted by Crippen LogP contribution is 2.18. The summed E-state index contributed by atoms with van der Waals surface area (Å²) in [5.41, 5.74) is 1.05. The Kier molecular flexibility index (Phi) is 8.39. The molecule has 1 amide bonds. The van der Waals surface area contributed by atoms with Crippen LogP contribution in [0.15, 0.2) is 29.3 Å². The Morgan fingerprint density at radius 1 is 1.07 bits per heavy atom. The molecule has 0 saturated heterocycles. The predicted octanol–water partition coefficient (Wildman–Crippen LogP) is 3.69. The molecule has 0 aliphatic rings. The van der Waals surface area contributed by atoms with Crippen LogP contribution in [0.1, 0.15) is 32.8 Å². The average Bonchev–Trinajstić information content (AvgIpc) is 2.52. The van der Waals surface area contributed by atoms with Crippen LogP contribution in [0.3, 0.4) is 0 Å². The van der Waals surface area contributed by atoms with Gasteiger partial charge in [-0.1, -0.05) is 12.1 Å². The Morgan fingerprint density at radius 2 is 1.67 bits per heavy atom. The first-order chi connectivity index (χ1) is 12.5. The number of alkyl halides is 3. The van der Waals surface area contributed by atoms with E-state index in [0.717, 1.165) is 5.56 Å². The van der Waals surface area contributed by atoms with Crippen LogP contribution < -0.4 is 16.0 Å². The minimum Gasteiger partial charge on any atom is -0.444 e. The molecule has 0 unspecified atom stereocenters. The highest BCUT2D eigenvalue weighted by atomic mass is 19.4. The number of hydrogen-bond donors (Lipinski definition) is 3. The molecule has 1 rings (SSSR count). The van der Waals surface area contributed by atoms with E-state index in [1.807, 2.05) is 12.1 Å². The Hall–Kier alpha value is -2.45. The number of rotatable bonds is 6. The lowest BCUT2D eigenvalue weighted by molar-refractivity contribution is -0.132. The first kappa shape index (κ1) is 22.6. The molecule has 0 heterocycles. The van der Waals surface area contributed by atoms with Gasteiger partial charge in [0.2, 0.25) is 0 Å². The maximum atomic E-state index is 12.1. The molecule has 0 aliphatic heterocycles. The highest BCUT2D eigenvalue weighted by molar-refractivity contribution is 5.84. The number of ether oxygens (including phenoxy) is 1. The van der Waals surface area contributed by atoms with Gasteiger partial charge >= 0.3 is 12.3 Å². The van der Waals surface area contributed by atoms with Crippen molar-refractivity contribution in [1.82, 2.24) is 10.6 Å². The van der Waals surface area contributed by atoms with Crippen molar-refractivity contribution in [3.63, 3.8) is 0 Å². The highest BCUT2D eigenvalue weighted by Gasteiger charge is 2.26. The second-order valence-electron chi connectivity index (χ2n) is 6.86. The standard InChI is InChI=1S/C18H27F3N4O2/c1-17(2,3)27-16(26)25-14-7-5-13(6-8-14)9-11-23-15(22-4)24-12-10-18(19,20)21/h5-8H,9-12H2,1-4H3,(H,25,26)(H2,22,23,24). The largest absolute Gasteiger partial charge is 0.444 e. The normalized spacial score (nSPS) is 12.5. The summed E-state index contributed by atoms with van der Waals surface area (Å²) in [5.74, 6) is 0.322.